The summed E-state index contributed by atoms with van der Waals surface area (Å²) < 4.78 is 10.4. The van der Waals surface area contributed by atoms with Crippen LogP contribution in [0, 0.1) is 6.92 Å². The summed E-state index contributed by atoms with van der Waals surface area (Å²) in [5.41, 5.74) is 0.791. The van der Waals surface area contributed by atoms with E-state index in [9.17, 15) is 4.79 Å². The zero-order valence-corrected chi connectivity index (χ0v) is 13.2. The highest BCUT2D eigenvalue weighted by Crippen LogP contribution is 2.21. The molecular formula is C14H25N3O3. The lowest BCUT2D eigenvalue weighted by atomic mass is 10.0. The number of aromatic nitrogens is 1. The van der Waals surface area contributed by atoms with Gasteiger partial charge in [0.2, 0.25) is 0 Å². The molecule has 0 spiro atoms. The highest BCUT2D eigenvalue weighted by molar-refractivity contribution is 5.93. The van der Waals surface area contributed by atoms with Gasteiger partial charge < -0.3 is 19.5 Å². The summed E-state index contributed by atoms with van der Waals surface area (Å²) in [7, 11) is 3.95. The molecule has 1 N–H and O–H groups in total. The van der Waals surface area contributed by atoms with Crippen LogP contribution < -0.4 is 10.1 Å². The molecule has 0 saturated carbocycles. The van der Waals surface area contributed by atoms with Gasteiger partial charge in [-0.15, -0.1) is 0 Å². The molecule has 0 radical (unpaired) electrons. The second-order valence-electron chi connectivity index (χ2n) is 5.68. The minimum atomic E-state index is -0.243. The van der Waals surface area contributed by atoms with Crippen LogP contribution in [0.3, 0.4) is 0 Å². The average Bonchev–Trinajstić information content (AvgIpc) is 2.75. The third-order valence-corrected chi connectivity index (χ3v) is 3.43. The van der Waals surface area contributed by atoms with E-state index in [0.717, 1.165) is 6.42 Å². The van der Waals surface area contributed by atoms with E-state index in [2.05, 4.69) is 29.2 Å². The first-order chi connectivity index (χ1) is 9.29. The standard InChI is InChI=1S/C14H25N3O3/c1-7-8-19-13-10(2)11(16-20-13)12(18)15-9-14(3,4)17(5)6/h7-9H2,1-6H3,(H,15,18). The molecule has 0 fully saturated rings. The fraction of sp³-hybridized carbons (Fsp3) is 0.714. The highest BCUT2D eigenvalue weighted by Gasteiger charge is 2.24. The molecule has 0 aromatic carbocycles. The van der Waals surface area contributed by atoms with Gasteiger partial charge in [0, 0.05) is 12.1 Å². The SMILES string of the molecule is CCCOc1onc(C(=O)NCC(C)(C)N(C)C)c1C. The molecular weight excluding hydrogens is 258 g/mol. The van der Waals surface area contributed by atoms with E-state index in [1.807, 2.05) is 21.0 Å². The fourth-order valence-corrected chi connectivity index (χ4v) is 1.40. The number of rotatable bonds is 7. The molecule has 0 aliphatic carbocycles. The van der Waals surface area contributed by atoms with Crippen molar-refractivity contribution in [2.75, 3.05) is 27.2 Å². The second-order valence-corrected chi connectivity index (χ2v) is 5.68. The lowest BCUT2D eigenvalue weighted by molar-refractivity contribution is 0.0910. The molecule has 0 saturated heterocycles. The quantitative estimate of drug-likeness (QED) is 0.827. The van der Waals surface area contributed by atoms with E-state index in [0.29, 0.717) is 24.7 Å². The minimum absolute atomic E-state index is 0.130. The second kappa shape index (κ2) is 6.74. The Bertz CT molecular complexity index is 453. The number of nitrogens with one attached hydrogen (secondary N) is 1. The van der Waals surface area contributed by atoms with Crippen LogP contribution in [0.4, 0.5) is 0 Å². The van der Waals surface area contributed by atoms with E-state index >= 15 is 0 Å². The first-order valence-electron chi connectivity index (χ1n) is 6.84. The minimum Gasteiger partial charge on any atom is -0.464 e. The van der Waals surface area contributed by atoms with Crippen molar-refractivity contribution in [1.29, 1.82) is 0 Å². The summed E-state index contributed by atoms with van der Waals surface area (Å²) in [6.45, 7) is 8.95. The average molecular weight is 283 g/mol. The molecule has 1 amide bonds. The van der Waals surface area contributed by atoms with Crippen LogP contribution in [-0.2, 0) is 0 Å². The number of likely N-dealkylation sites (N-methyl/N-ethyl adjacent to an activating group) is 1. The molecule has 1 aromatic rings. The maximum Gasteiger partial charge on any atom is 0.314 e. The van der Waals surface area contributed by atoms with Crippen LogP contribution in [0.2, 0.25) is 0 Å². The van der Waals surface area contributed by atoms with Crippen LogP contribution >= 0.6 is 0 Å². The van der Waals surface area contributed by atoms with Gasteiger partial charge in [0.15, 0.2) is 5.69 Å². The van der Waals surface area contributed by atoms with Crippen molar-refractivity contribution < 1.29 is 14.1 Å². The van der Waals surface area contributed by atoms with Gasteiger partial charge >= 0.3 is 5.95 Å². The van der Waals surface area contributed by atoms with E-state index < -0.39 is 0 Å². The van der Waals surface area contributed by atoms with Crippen LogP contribution in [0.15, 0.2) is 4.52 Å². The summed E-state index contributed by atoms with van der Waals surface area (Å²) in [5.74, 6) is 0.0800. The Balaban J connectivity index is 2.67. The van der Waals surface area contributed by atoms with E-state index in [1.165, 1.54) is 0 Å². The van der Waals surface area contributed by atoms with E-state index in [1.54, 1.807) is 6.92 Å². The summed E-state index contributed by atoms with van der Waals surface area (Å²) in [4.78, 5) is 14.2. The number of hydrogen-bond acceptors (Lipinski definition) is 5. The number of ether oxygens (including phenoxy) is 1. The predicted octanol–water partition coefficient (Wildman–Crippen LogP) is 1.84. The number of carbonyl (C=O) groups excluding carboxylic acids is 1. The highest BCUT2D eigenvalue weighted by atomic mass is 16.6. The van der Waals surface area contributed by atoms with Gasteiger partial charge in [0.25, 0.3) is 5.91 Å². The smallest absolute Gasteiger partial charge is 0.314 e. The Morgan fingerprint density at radius 1 is 1.45 bits per heavy atom. The van der Waals surface area contributed by atoms with Crippen LogP contribution in [0.25, 0.3) is 0 Å². The Morgan fingerprint density at radius 3 is 2.65 bits per heavy atom. The van der Waals surface area contributed by atoms with Crippen molar-refractivity contribution in [3.8, 4) is 5.95 Å². The number of hydrogen-bond donors (Lipinski definition) is 1. The summed E-state index contributed by atoms with van der Waals surface area (Å²) in [6.07, 6.45) is 0.874. The first kappa shape index (κ1) is 16.5. The van der Waals surface area contributed by atoms with Gasteiger partial charge in [-0.05, 0) is 41.3 Å². The number of nitrogens with zero attached hydrogens (tertiary/aromatic N) is 2. The number of amides is 1. The van der Waals surface area contributed by atoms with Crippen molar-refractivity contribution in [2.24, 2.45) is 0 Å². The van der Waals surface area contributed by atoms with E-state index in [-0.39, 0.29) is 17.1 Å². The van der Waals surface area contributed by atoms with Crippen LogP contribution in [0.5, 0.6) is 5.95 Å². The molecule has 1 rings (SSSR count). The Hall–Kier alpha value is -1.56. The maximum atomic E-state index is 12.1. The maximum absolute atomic E-state index is 12.1. The van der Waals surface area contributed by atoms with Crippen molar-refractivity contribution in [1.82, 2.24) is 15.4 Å². The monoisotopic (exact) mass is 283 g/mol. The molecule has 0 aliphatic rings. The van der Waals surface area contributed by atoms with Crippen molar-refractivity contribution in [3.05, 3.63) is 11.3 Å². The number of carbonyl (C=O) groups is 1. The van der Waals surface area contributed by atoms with Gasteiger partial charge in [-0.25, -0.2) is 0 Å². The normalized spacial score (nSPS) is 11.8. The zero-order valence-electron chi connectivity index (χ0n) is 13.2. The molecule has 0 aliphatic heterocycles. The van der Waals surface area contributed by atoms with Crippen LogP contribution in [0.1, 0.15) is 43.2 Å². The van der Waals surface area contributed by atoms with Gasteiger partial charge in [0.1, 0.15) is 0 Å². The summed E-state index contributed by atoms with van der Waals surface area (Å²) >= 11 is 0. The van der Waals surface area contributed by atoms with Gasteiger partial charge in [-0.3, -0.25) is 4.79 Å². The molecule has 0 atom stereocenters. The van der Waals surface area contributed by atoms with Crippen LogP contribution in [-0.4, -0.2) is 48.7 Å². The van der Waals surface area contributed by atoms with Gasteiger partial charge in [-0.1, -0.05) is 12.1 Å². The largest absolute Gasteiger partial charge is 0.464 e. The van der Waals surface area contributed by atoms with Crippen molar-refractivity contribution in [3.63, 3.8) is 0 Å². The summed E-state index contributed by atoms with van der Waals surface area (Å²) in [5, 5.41) is 6.66. The Kier molecular flexibility index (Phi) is 5.56. The topological polar surface area (TPSA) is 67.6 Å². The zero-order chi connectivity index (χ0) is 15.3. The third-order valence-electron chi connectivity index (χ3n) is 3.43. The molecule has 20 heavy (non-hydrogen) atoms. The molecule has 6 heteroatoms. The molecule has 1 heterocycles. The Morgan fingerprint density at radius 2 is 2.10 bits per heavy atom. The first-order valence-corrected chi connectivity index (χ1v) is 6.84. The molecule has 0 unspecified atom stereocenters. The third kappa shape index (κ3) is 3.96. The van der Waals surface area contributed by atoms with Gasteiger partial charge in [0.05, 0.1) is 12.2 Å². The van der Waals surface area contributed by atoms with E-state index in [4.69, 9.17) is 9.26 Å². The molecule has 0 bridgehead atoms. The molecule has 1 aromatic heterocycles. The molecule has 6 nitrogen and oxygen atoms in total. The lowest BCUT2D eigenvalue weighted by Gasteiger charge is -2.32. The molecule has 114 valence electrons. The summed E-state index contributed by atoms with van der Waals surface area (Å²) in [6, 6.07) is 0. The lowest BCUT2D eigenvalue weighted by Crippen LogP contribution is -2.48. The van der Waals surface area contributed by atoms with Crippen molar-refractivity contribution >= 4 is 5.91 Å². The fourth-order valence-electron chi connectivity index (χ4n) is 1.40. The van der Waals surface area contributed by atoms with Crippen molar-refractivity contribution in [2.45, 2.75) is 39.7 Å². The predicted molar refractivity (Wildman–Crippen MR) is 77.1 cm³/mol. The Labute approximate surface area is 120 Å². The van der Waals surface area contributed by atoms with Gasteiger partial charge in [-0.2, -0.15) is 0 Å².